The van der Waals surface area contributed by atoms with Gasteiger partial charge in [-0.15, -0.1) is 0 Å². The van der Waals surface area contributed by atoms with E-state index >= 15 is 0 Å². The number of piperazine rings is 1. The molecule has 1 fully saturated rings. The molecule has 92 valence electrons. The molecular formula is C13H18N2O2. The molecule has 0 saturated carbocycles. The summed E-state index contributed by atoms with van der Waals surface area (Å²) < 4.78 is 11.4. The second-order valence-corrected chi connectivity index (χ2v) is 4.40. The Morgan fingerprint density at radius 3 is 2.88 bits per heavy atom. The van der Waals surface area contributed by atoms with Gasteiger partial charge in [-0.3, -0.25) is 0 Å². The standard InChI is InChI=1S/C13H18N2O2/c1-2-11-10-16-8-9-17-13(11)12(3-1)15-6-4-14-5-7-15/h1-3,14H,4-10H2. The Morgan fingerprint density at radius 1 is 1.12 bits per heavy atom. The highest BCUT2D eigenvalue weighted by atomic mass is 16.5. The van der Waals surface area contributed by atoms with Crippen LogP contribution in [0.4, 0.5) is 5.69 Å². The molecule has 1 saturated heterocycles. The first-order valence-electron chi connectivity index (χ1n) is 6.23. The maximum Gasteiger partial charge on any atom is 0.148 e. The Kier molecular flexibility index (Phi) is 3.16. The number of para-hydroxylation sites is 1. The van der Waals surface area contributed by atoms with Gasteiger partial charge in [0.2, 0.25) is 0 Å². The van der Waals surface area contributed by atoms with Gasteiger partial charge in [0.05, 0.1) is 18.9 Å². The number of hydrogen-bond donors (Lipinski definition) is 1. The van der Waals surface area contributed by atoms with Crippen molar-refractivity contribution in [2.24, 2.45) is 0 Å². The lowest BCUT2D eigenvalue weighted by atomic mass is 10.1. The van der Waals surface area contributed by atoms with Crippen LogP contribution in [0.25, 0.3) is 0 Å². The van der Waals surface area contributed by atoms with E-state index in [-0.39, 0.29) is 0 Å². The fourth-order valence-electron chi connectivity index (χ4n) is 2.39. The molecule has 2 aliphatic rings. The van der Waals surface area contributed by atoms with Gasteiger partial charge in [0.1, 0.15) is 12.4 Å². The van der Waals surface area contributed by atoms with Crippen molar-refractivity contribution in [1.82, 2.24) is 5.32 Å². The van der Waals surface area contributed by atoms with Crippen LogP contribution >= 0.6 is 0 Å². The van der Waals surface area contributed by atoms with Gasteiger partial charge in [-0.2, -0.15) is 0 Å². The lowest BCUT2D eigenvalue weighted by molar-refractivity contribution is 0.107. The Bertz CT molecular complexity index is 389. The number of hydrogen-bond acceptors (Lipinski definition) is 4. The highest BCUT2D eigenvalue weighted by Crippen LogP contribution is 2.34. The molecule has 4 heteroatoms. The van der Waals surface area contributed by atoms with Crippen molar-refractivity contribution in [2.45, 2.75) is 6.61 Å². The van der Waals surface area contributed by atoms with Crippen molar-refractivity contribution < 1.29 is 9.47 Å². The minimum Gasteiger partial charge on any atom is -0.489 e. The molecule has 0 aliphatic carbocycles. The predicted molar refractivity (Wildman–Crippen MR) is 66.7 cm³/mol. The van der Waals surface area contributed by atoms with Crippen molar-refractivity contribution in [2.75, 3.05) is 44.3 Å². The van der Waals surface area contributed by atoms with E-state index in [1.165, 1.54) is 11.3 Å². The van der Waals surface area contributed by atoms with Crippen LogP contribution < -0.4 is 15.0 Å². The zero-order chi connectivity index (χ0) is 11.5. The molecule has 0 radical (unpaired) electrons. The second-order valence-electron chi connectivity index (χ2n) is 4.40. The third kappa shape index (κ3) is 2.23. The van der Waals surface area contributed by atoms with Crippen LogP contribution in [0.5, 0.6) is 5.75 Å². The van der Waals surface area contributed by atoms with Gasteiger partial charge in [0.15, 0.2) is 0 Å². The number of benzene rings is 1. The fourth-order valence-corrected chi connectivity index (χ4v) is 2.39. The third-order valence-electron chi connectivity index (χ3n) is 3.27. The summed E-state index contributed by atoms with van der Waals surface area (Å²) in [6.07, 6.45) is 0. The molecule has 1 aromatic carbocycles. The first-order valence-corrected chi connectivity index (χ1v) is 6.23. The van der Waals surface area contributed by atoms with Crippen LogP contribution in [0.1, 0.15) is 5.56 Å². The minimum absolute atomic E-state index is 0.649. The molecule has 4 nitrogen and oxygen atoms in total. The van der Waals surface area contributed by atoms with Crippen LogP contribution in [-0.2, 0) is 11.3 Å². The van der Waals surface area contributed by atoms with E-state index in [9.17, 15) is 0 Å². The van der Waals surface area contributed by atoms with E-state index in [1.807, 2.05) is 0 Å². The maximum absolute atomic E-state index is 5.85. The Labute approximate surface area is 102 Å². The zero-order valence-electron chi connectivity index (χ0n) is 9.95. The lowest BCUT2D eigenvalue weighted by Gasteiger charge is -2.31. The number of anilines is 1. The second kappa shape index (κ2) is 4.94. The normalized spacial score (nSPS) is 20.4. The zero-order valence-corrected chi connectivity index (χ0v) is 9.95. The first kappa shape index (κ1) is 10.9. The largest absolute Gasteiger partial charge is 0.489 e. The SMILES string of the molecule is c1cc2c(c(N3CCNCC3)c1)OCCOC2. The average Bonchev–Trinajstić information content (AvgIpc) is 2.64. The molecule has 0 aromatic heterocycles. The van der Waals surface area contributed by atoms with E-state index in [0.29, 0.717) is 19.8 Å². The number of nitrogens with zero attached hydrogens (tertiary/aromatic N) is 1. The number of nitrogens with one attached hydrogen (secondary N) is 1. The highest BCUT2D eigenvalue weighted by Gasteiger charge is 2.19. The van der Waals surface area contributed by atoms with E-state index in [1.54, 1.807) is 0 Å². The monoisotopic (exact) mass is 234 g/mol. The molecule has 17 heavy (non-hydrogen) atoms. The van der Waals surface area contributed by atoms with Crippen LogP contribution in [0.3, 0.4) is 0 Å². The van der Waals surface area contributed by atoms with E-state index in [0.717, 1.165) is 31.9 Å². The molecule has 0 unspecified atom stereocenters. The summed E-state index contributed by atoms with van der Waals surface area (Å²) >= 11 is 0. The van der Waals surface area contributed by atoms with Crippen LogP contribution in [0.2, 0.25) is 0 Å². The van der Waals surface area contributed by atoms with Crippen molar-refractivity contribution in [3.05, 3.63) is 23.8 Å². The van der Waals surface area contributed by atoms with Gasteiger partial charge in [-0.05, 0) is 6.07 Å². The summed E-state index contributed by atoms with van der Waals surface area (Å²) in [5, 5.41) is 3.37. The summed E-state index contributed by atoms with van der Waals surface area (Å²) in [6, 6.07) is 6.33. The number of ether oxygens (including phenoxy) is 2. The van der Waals surface area contributed by atoms with Gasteiger partial charge in [-0.25, -0.2) is 0 Å². The summed E-state index contributed by atoms with van der Waals surface area (Å²) in [7, 11) is 0. The van der Waals surface area contributed by atoms with Crippen LogP contribution in [0.15, 0.2) is 18.2 Å². The molecular weight excluding hydrogens is 216 g/mol. The summed E-state index contributed by atoms with van der Waals surface area (Å²) in [5.41, 5.74) is 2.38. The van der Waals surface area contributed by atoms with E-state index < -0.39 is 0 Å². The van der Waals surface area contributed by atoms with Crippen LogP contribution in [-0.4, -0.2) is 39.4 Å². The molecule has 2 aliphatic heterocycles. The smallest absolute Gasteiger partial charge is 0.148 e. The Morgan fingerprint density at radius 2 is 2.00 bits per heavy atom. The first-order chi connectivity index (χ1) is 8.45. The van der Waals surface area contributed by atoms with Gasteiger partial charge in [0.25, 0.3) is 0 Å². The van der Waals surface area contributed by atoms with E-state index in [4.69, 9.17) is 9.47 Å². The number of fused-ring (bicyclic) bond motifs is 1. The molecule has 0 bridgehead atoms. The molecule has 1 aromatic rings. The molecule has 0 atom stereocenters. The predicted octanol–water partition coefficient (Wildman–Crippen LogP) is 1.01. The average molecular weight is 234 g/mol. The summed E-state index contributed by atoms with van der Waals surface area (Å²) in [4.78, 5) is 2.39. The molecule has 2 heterocycles. The van der Waals surface area contributed by atoms with Crippen molar-refractivity contribution in [1.29, 1.82) is 0 Å². The van der Waals surface area contributed by atoms with E-state index in [2.05, 4.69) is 28.4 Å². The molecule has 3 rings (SSSR count). The molecule has 0 amide bonds. The Hall–Kier alpha value is -1.26. The summed E-state index contributed by atoms with van der Waals surface area (Å²) in [6.45, 7) is 6.16. The summed E-state index contributed by atoms with van der Waals surface area (Å²) in [5.74, 6) is 1.02. The van der Waals surface area contributed by atoms with Gasteiger partial charge in [-0.1, -0.05) is 12.1 Å². The fraction of sp³-hybridized carbons (Fsp3) is 0.538. The topological polar surface area (TPSA) is 33.7 Å². The lowest BCUT2D eigenvalue weighted by Crippen LogP contribution is -2.43. The van der Waals surface area contributed by atoms with Gasteiger partial charge < -0.3 is 19.7 Å². The minimum atomic E-state index is 0.649. The van der Waals surface area contributed by atoms with Gasteiger partial charge in [0, 0.05) is 31.7 Å². The van der Waals surface area contributed by atoms with Crippen molar-refractivity contribution >= 4 is 5.69 Å². The van der Waals surface area contributed by atoms with Gasteiger partial charge >= 0.3 is 0 Å². The molecule has 1 N–H and O–H groups in total. The number of rotatable bonds is 1. The molecule has 0 spiro atoms. The Balaban J connectivity index is 1.92. The van der Waals surface area contributed by atoms with Crippen molar-refractivity contribution in [3.8, 4) is 5.75 Å². The quantitative estimate of drug-likeness (QED) is 0.786. The van der Waals surface area contributed by atoms with Crippen molar-refractivity contribution in [3.63, 3.8) is 0 Å². The highest BCUT2D eigenvalue weighted by molar-refractivity contribution is 5.62. The maximum atomic E-state index is 5.85. The third-order valence-corrected chi connectivity index (χ3v) is 3.27. The van der Waals surface area contributed by atoms with Crippen LogP contribution in [0, 0.1) is 0 Å².